The number of H-pyrrole nitrogens is 1. The smallest absolute Gasteiger partial charge is 0.311 e. The molecule has 1 heterocycles. The highest BCUT2D eigenvalue weighted by Gasteiger charge is 2.13. The number of carbonyl (C=O) groups is 2. The normalized spacial score (nSPS) is 10.4. The van der Waals surface area contributed by atoms with Crippen LogP contribution in [0.4, 0.5) is 4.39 Å². The van der Waals surface area contributed by atoms with Gasteiger partial charge in [0.1, 0.15) is 0 Å². The van der Waals surface area contributed by atoms with Crippen molar-refractivity contribution in [1.82, 2.24) is 9.97 Å². The summed E-state index contributed by atoms with van der Waals surface area (Å²) >= 11 is 0.980. The average Bonchev–Trinajstić information content (AvgIpc) is 2.59. The van der Waals surface area contributed by atoms with Crippen molar-refractivity contribution in [1.29, 1.82) is 0 Å². The number of Topliss-reactive ketones (excluding diaryl/α,β-unsaturated/α-hetero) is 1. The number of methoxy groups -OCH3 is 2. The lowest BCUT2D eigenvalue weighted by Crippen LogP contribution is -2.14. The molecule has 0 aliphatic heterocycles. The quantitative estimate of drug-likeness (QED) is 0.344. The third-order valence-electron chi connectivity index (χ3n) is 3.14. The Morgan fingerprint density at radius 3 is 2.68 bits per heavy atom. The van der Waals surface area contributed by atoms with Crippen LogP contribution in [0.25, 0.3) is 0 Å². The molecule has 0 aliphatic carbocycles. The van der Waals surface area contributed by atoms with Crippen LogP contribution in [0.5, 0.6) is 5.75 Å². The lowest BCUT2D eigenvalue weighted by atomic mass is 10.1. The zero-order valence-corrected chi connectivity index (χ0v) is 14.3. The summed E-state index contributed by atoms with van der Waals surface area (Å²) in [5.74, 6) is -1.52. The molecule has 0 aliphatic rings. The first-order valence-corrected chi connectivity index (χ1v) is 8.08. The second-order valence-corrected chi connectivity index (χ2v) is 5.82. The predicted octanol–water partition coefficient (Wildman–Crippen LogP) is 1.61. The van der Waals surface area contributed by atoms with E-state index in [1.807, 2.05) is 0 Å². The third kappa shape index (κ3) is 5.15. The summed E-state index contributed by atoms with van der Waals surface area (Å²) in [5.41, 5.74) is -0.0285. The summed E-state index contributed by atoms with van der Waals surface area (Å²) in [6.07, 6.45) is -0.147. The molecule has 9 heteroatoms. The molecule has 0 fully saturated rings. The van der Waals surface area contributed by atoms with Crippen molar-refractivity contribution in [2.75, 3.05) is 20.0 Å². The van der Waals surface area contributed by atoms with Crippen LogP contribution in [-0.4, -0.2) is 41.7 Å². The molecule has 0 radical (unpaired) electrons. The van der Waals surface area contributed by atoms with Crippen LogP contribution in [0, 0.1) is 5.82 Å². The van der Waals surface area contributed by atoms with Gasteiger partial charge >= 0.3 is 5.97 Å². The first-order chi connectivity index (χ1) is 11.9. The molecule has 2 aromatic rings. The highest BCUT2D eigenvalue weighted by Crippen LogP contribution is 2.20. The van der Waals surface area contributed by atoms with Gasteiger partial charge in [0.05, 0.1) is 32.1 Å². The fraction of sp³-hybridized carbons (Fsp3) is 0.250. The Kier molecular flexibility index (Phi) is 6.29. The number of esters is 1. The van der Waals surface area contributed by atoms with Gasteiger partial charge in [-0.3, -0.25) is 14.4 Å². The van der Waals surface area contributed by atoms with Gasteiger partial charge in [-0.15, -0.1) is 0 Å². The first-order valence-electron chi connectivity index (χ1n) is 7.09. The number of thioether (sulfide) groups is 1. The highest BCUT2D eigenvalue weighted by molar-refractivity contribution is 7.99. The number of aromatic nitrogens is 2. The Morgan fingerprint density at radius 2 is 2.04 bits per heavy atom. The average molecular weight is 366 g/mol. The molecular formula is C16H15FN2O5S. The monoisotopic (exact) mass is 366 g/mol. The van der Waals surface area contributed by atoms with E-state index in [4.69, 9.17) is 4.74 Å². The van der Waals surface area contributed by atoms with Crippen LogP contribution in [0.2, 0.25) is 0 Å². The number of hydrogen-bond acceptors (Lipinski definition) is 7. The SMILES string of the molecule is COC(=O)Cc1cc(=O)[nH]c(SCC(=O)c2ccc(OC)c(F)c2)n1. The Morgan fingerprint density at radius 1 is 1.28 bits per heavy atom. The number of benzene rings is 1. The van der Waals surface area contributed by atoms with Crippen molar-refractivity contribution in [2.45, 2.75) is 11.6 Å². The summed E-state index contributed by atoms with van der Waals surface area (Å²) in [5, 5.41) is 0.189. The summed E-state index contributed by atoms with van der Waals surface area (Å²) in [4.78, 5) is 41.6. The molecule has 0 spiro atoms. The first kappa shape index (κ1) is 18.7. The topological polar surface area (TPSA) is 98.4 Å². The van der Waals surface area contributed by atoms with Crippen LogP contribution in [0.3, 0.4) is 0 Å². The van der Waals surface area contributed by atoms with E-state index < -0.39 is 17.3 Å². The minimum absolute atomic E-state index is 0.0470. The van der Waals surface area contributed by atoms with Crippen molar-refractivity contribution >= 4 is 23.5 Å². The minimum atomic E-state index is -0.634. The zero-order valence-electron chi connectivity index (χ0n) is 13.5. The highest BCUT2D eigenvalue weighted by atomic mass is 32.2. The number of hydrogen-bond donors (Lipinski definition) is 1. The van der Waals surface area contributed by atoms with Gasteiger partial charge in [-0.1, -0.05) is 11.8 Å². The van der Waals surface area contributed by atoms with Gasteiger partial charge < -0.3 is 14.5 Å². The number of nitrogens with one attached hydrogen (secondary N) is 1. The number of halogens is 1. The summed E-state index contributed by atoms with van der Waals surface area (Å²) in [6.45, 7) is 0. The van der Waals surface area contributed by atoms with Crippen LogP contribution < -0.4 is 10.3 Å². The summed E-state index contributed by atoms with van der Waals surface area (Å²) in [6, 6.07) is 5.09. The molecule has 0 atom stereocenters. The molecule has 0 saturated carbocycles. The summed E-state index contributed by atoms with van der Waals surface area (Å²) in [7, 11) is 2.57. The van der Waals surface area contributed by atoms with Crippen LogP contribution in [0.15, 0.2) is 34.2 Å². The maximum Gasteiger partial charge on any atom is 0.311 e. The molecule has 0 saturated heterocycles. The predicted molar refractivity (Wildman–Crippen MR) is 88.6 cm³/mol. The number of ether oxygens (including phenoxy) is 2. The number of rotatable bonds is 7. The molecule has 25 heavy (non-hydrogen) atoms. The molecule has 7 nitrogen and oxygen atoms in total. The fourth-order valence-corrected chi connectivity index (χ4v) is 2.71. The van der Waals surface area contributed by atoms with Crippen LogP contribution in [-0.2, 0) is 16.0 Å². The zero-order chi connectivity index (χ0) is 18.4. The van der Waals surface area contributed by atoms with Gasteiger partial charge in [-0.25, -0.2) is 9.37 Å². The number of ketones is 1. The number of nitrogens with zero attached hydrogens (tertiary/aromatic N) is 1. The Balaban J connectivity index is 2.07. The molecule has 1 N–H and O–H groups in total. The summed E-state index contributed by atoms with van der Waals surface area (Å²) < 4.78 is 23.0. The lowest BCUT2D eigenvalue weighted by molar-refractivity contribution is -0.139. The van der Waals surface area contributed by atoms with E-state index >= 15 is 0 Å². The maximum absolute atomic E-state index is 13.6. The molecule has 1 aromatic carbocycles. The molecule has 2 rings (SSSR count). The molecular weight excluding hydrogens is 351 g/mol. The minimum Gasteiger partial charge on any atom is -0.494 e. The standard InChI is InChI=1S/C16H15FN2O5S/c1-23-13-4-3-9(5-11(13)17)12(20)8-25-16-18-10(6-14(21)19-16)7-15(22)24-2/h3-6H,7-8H2,1-2H3,(H,18,19,21). The number of aromatic amines is 1. The Bertz CT molecular complexity index is 853. The second kappa shape index (κ2) is 8.43. The van der Waals surface area contributed by atoms with Crippen molar-refractivity contribution in [3.05, 3.63) is 51.7 Å². The fourth-order valence-electron chi connectivity index (χ4n) is 1.92. The largest absolute Gasteiger partial charge is 0.494 e. The van der Waals surface area contributed by atoms with Crippen LogP contribution in [0.1, 0.15) is 16.1 Å². The van der Waals surface area contributed by atoms with E-state index in [9.17, 15) is 18.8 Å². The van der Waals surface area contributed by atoms with Gasteiger partial charge in [0.2, 0.25) is 0 Å². The van der Waals surface area contributed by atoms with Gasteiger partial charge in [-0.05, 0) is 18.2 Å². The van der Waals surface area contributed by atoms with E-state index in [2.05, 4.69) is 14.7 Å². The van der Waals surface area contributed by atoms with Crippen molar-refractivity contribution in [2.24, 2.45) is 0 Å². The van der Waals surface area contributed by atoms with Crippen LogP contribution >= 0.6 is 11.8 Å². The van der Waals surface area contributed by atoms with E-state index in [1.165, 1.54) is 32.4 Å². The molecule has 0 unspecified atom stereocenters. The maximum atomic E-state index is 13.6. The van der Waals surface area contributed by atoms with E-state index in [0.29, 0.717) is 0 Å². The van der Waals surface area contributed by atoms with Gasteiger partial charge in [-0.2, -0.15) is 0 Å². The Labute approximate surface area is 146 Å². The number of carbonyl (C=O) groups excluding carboxylic acids is 2. The Hall–Kier alpha value is -2.68. The van der Waals surface area contributed by atoms with E-state index in [-0.39, 0.29) is 40.1 Å². The molecule has 1 aromatic heterocycles. The van der Waals surface area contributed by atoms with E-state index in [1.54, 1.807) is 0 Å². The van der Waals surface area contributed by atoms with Crippen molar-refractivity contribution < 1.29 is 23.5 Å². The lowest BCUT2D eigenvalue weighted by Gasteiger charge is -2.05. The molecule has 132 valence electrons. The van der Waals surface area contributed by atoms with Gasteiger partial charge in [0, 0.05) is 11.6 Å². The third-order valence-corrected chi connectivity index (χ3v) is 4.01. The van der Waals surface area contributed by atoms with Crippen molar-refractivity contribution in [3.63, 3.8) is 0 Å². The van der Waals surface area contributed by atoms with Gasteiger partial charge in [0.25, 0.3) is 5.56 Å². The molecule has 0 bridgehead atoms. The molecule has 0 amide bonds. The second-order valence-electron chi connectivity index (χ2n) is 4.86. The van der Waals surface area contributed by atoms with Gasteiger partial charge in [0.15, 0.2) is 22.5 Å². The van der Waals surface area contributed by atoms with Crippen molar-refractivity contribution in [3.8, 4) is 5.75 Å². The van der Waals surface area contributed by atoms with E-state index in [0.717, 1.165) is 17.8 Å².